The number of hydrogen-bond donors (Lipinski definition) is 1. The molecule has 3 rings (SSSR count). The lowest BCUT2D eigenvalue weighted by molar-refractivity contribution is -0.137. The number of halogens is 3. The summed E-state index contributed by atoms with van der Waals surface area (Å²) < 4.78 is 68.6. The Hall–Kier alpha value is -3.14. The molecule has 10 heteroatoms. The third-order valence-electron chi connectivity index (χ3n) is 4.59. The van der Waals surface area contributed by atoms with Gasteiger partial charge in [0.1, 0.15) is 10.6 Å². The molecule has 2 aromatic carbocycles. The van der Waals surface area contributed by atoms with Crippen LogP contribution in [0.25, 0.3) is 22.2 Å². The van der Waals surface area contributed by atoms with E-state index in [0.717, 1.165) is 24.5 Å². The minimum atomic E-state index is -4.58. The Morgan fingerprint density at radius 2 is 1.83 bits per heavy atom. The van der Waals surface area contributed by atoms with Crippen LogP contribution in [0.1, 0.15) is 21.5 Å². The third-order valence-corrected chi connectivity index (χ3v) is 5.71. The van der Waals surface area contributed by atoms with Gasteiger partial charge in [-0.1, -0.05) is 12.1 Å². The van der Waals surface area contributed by atoms with E-state index in [1.165, 1.54) is 32.2 Å². The van der Waals surface area contributed by atoms with Crippen LogP contribution in [0.15, 0.2) is 41.3 Å². The van der Waals surface area contributed by atoms with Crippen molar-refractivity contribution in [3.8, 4) is 17.0 Å². The number of sulfone groups is 1. The molecule has 158 valence electrons. The molecule has 0 aliphatic rings. The van der Waals surface area contributed by atoms with Crippen molar-refractivity contribution in [2.24, 2.45) is 0 Å². The molecular weight excluding hydrogens is 423 g/mol. The van der Waals surface area contributed by atoms with Crippen molar-refractivity contribution < 1.29 is 36.2 Å². The highest BCUT2D eigenvalue weighted by atomic mass is 32.2. The van der Waals surface area contributed by atoms with E-state index in [4.69, 9.17) is 4.74 Å². The summed E-state index contributed by atoms with van der Waals surface area (Å²) in [5.41, 5.74) is -0.838. The summed E-state index contributed by atoms with van der Waals surface area (Å²) in [6.07, 6.45) is -3.63. The van der Waals surface area contributed by atoms with Crippen molar-refractivity contribution in [3.05, 3.63) is 53.1 Å². The Labute approximate surface area is 169 Å². The molecule has 0 saturated heterocycles. The number of ether oxygens (including phenoxy) is 1. The molecule has 0 unspecified atom stereocenters. The molecule has 0 aliphatic carbocycles. The number of aromatic carboxylic acids is 1. The Morgan fingerprint density at radius 3 is 2.37 bits per heavy atom. The quantitative estimate of drug-likeness (QED) is 0.650. The minimum absolute atomic E-state index is 0.0388. The highest BCUT2D eigenvalue weighted by Gasteiger charge is 2.31. The van der Waals surface area contributed by atoms with Gasteiger partial charge in [-0.2, -0.15) is 13.2 Å². The molecule has 1 N–H and O–H groups in total. The summed E-state index contributed by atoms with van der Waals surface area (Å²) in [5.74, 6) is -1.41. The number of hydrogen-bond acceptors (Lipinski definition) is 5. The lowest BCUT2D eigenvalue weighted by Crippen LogP contribution is -2.08. The van der Waals surface area contributed by atoms with E-state index in [2.05, 4.69) is 4.98 Å². The third kappa shape index (κ3) is 3.82. The predicted molar refractivity (Wildman–Crippen MR) is 104 cm³/mol. The van der Waals surface area contributed by atoms with Gasteiger partial charge in [0.15, 0.2) is 9.84 Å². The SMILES string of the molecule is COc1cc2nc(-c3cccc(C(F)(F)F)c3)c(C)c(C(=O)O)c2cc1S(C)(=O)=O. The second-order valence-electron chi connectivity index (χ2n) is 6.64. The zero-order valence-electron chi connectivity index (χ0n) is 16.0. The summed E-state index contributed by atoms with van der Waals surface area (Å²) in [4.78, 5) is 16.1. The first-order valence-electron chi connectivity index (χ1n) is 8.48. The van der Waals surface area contributed by atoms with Crippen molar-refractivity contribution in [3.63, 3.8) is 0 Å². The van der Waals surface area contributed by atoms with Gasteiger partial charge in [0.05, 0.1) is 29.4 Å². The topological polar surface area (TPSA) is 93.6 Å². The van der Waals surface area contributed by atoms with Crippen LogP contribution in [0.3, 0.4) is 0 Å². The first-order valence-corrected chi connectivity index (χ1v) is 10.4. The van der Waals surface area contributed by atoms with E-state index in [-0.39, 0.29) is 43.9 Å². The van der Waals surface area contributed by atoms with Crippen LogP contribution in [0.2, 0.25) is 0 Å². The van der Waals surface area contributed by atoms with Crippen LogP contribution < -0.4 is 4.74 Å². The highest BCUT2D eigenvalue weighted by Crippen LogP contribution is 2.37. The van der Waals surface area contributed by atoms with Gasteiger partial charge in [-0.15, -0.1) is 0 Å². The van der Waals surface area contributed by atoms with Gasteiger partial charge in [-0.25, -0.2) is 18.2 Å². The van der Waals surface area contributed by atoms with Gasteiger partial charge in [-0.3, -0.25) is 0 Å². The van der Waals surface area contributed by atoms with Crippen LogP contribution in [-0.4, -0.2) is 37.8 Å². The molecule has 0 atom stereocenters. The maximum absolute atomic E-state index is 13.1. The standard InChI is InChI=1S/C20H16F3NO5S/c1-10-17(19(25)26)13-8-16(30(3,27)28)15(29-2)9-14(13)24-18(10)11-5-4-6-12(7-11)20(21,22)23/h4-9H,1-3H3,(H,25,26). The van der Waals surface area contributed by atoms with Gasteiger partial charge in [0.2, 0.25) is 0 Å². The first kappa shape index (κ1) is 21.6. The molecule has 0 bridgehead atoms. The van der Waals surface area contributed by atoms with Crippen molar-refractivity contribution in [2.45, 2.75) is 18.0 Å². The molecule has 0 amide bonds. The van der Waals surface area contributed by atoms with Gasteiger partial charge in [-0.05, 0) is 30.7 Å². The fourth-order valence-electron chi connectivity index (χ4n) is 3.22. The second-order valence-corrected chi connectivity index (χ2v) is 8.62. The zero-order chi connectivity index (χ0) is 22.4. The number of aromatic nitrogens is 1. The number of fused-ring (bicyclic) bond motifs is 1. The number of carboxylic acids is 1. The largest absolute Gasteiger partial charge is 0.495 e. The number of nitrogens with zero attached hydrogens (tertiary/aromatic N) is 1. The van der Waals surface area contributed by atoms with E-state index in [1.54, 1.807) is 0 Å². The monoisotopic (exact) mass is 439 g/mol. The molecule has 30 heavy (non-hydrogen) atoms. The molecule has 0 aliphatic heterocycles. The Kier molecular flexibility index (Phi) is 5.23. The number of methoxy groups -OCH3 is 1. The first-order chi connectivity index (χ1) is 13.8. The molecule has 3 aromatic rings. The average molecular weight is 439 g/mol. The lowest BCUT2D eigenvalue weighted by atomic mass is 9.96. The van der Waals surface area contributed by atoms with Crippen molar-refractivity contribution in [1.82, 2.24) is 4.98 Å². The Balaban J connectivity index is 2.42. The molecular formula is C20H16F3NO5S. The molecule has 1 aromatic heterocycles. The number of carboxylic acid groups (broad SMARTS) is 1. The molecule has 0 spiro atoms. The summed E-state index contributed by atoms with van der Waals surface area (Å²) in [6.45, 7) is 1.41. The van der Waals surface area contributed by atoms with Crippen LogP contribution in [0.4, 0.5) is 13.2 Å². The molecule has 1 heterocycles. The summed E-state index contributed by atoms with van der Waals surface area (Å²) in [5, 5.41) is 9.79. The second kappa shape index (κ2) is 7.28. The van der Waals surface area contributed by atoms with Gasteiger partial charge in [0.25, 0.3) is 0 Å². The van der Waals surface area contributed by atoms with Crippen LogP contribution in [0, 0.1) is 6.92 Å². The van der Waals surface area contributed by atoms with E-state index in [1.807, 2.05) is 0 Å². The van der Waals surface area contributed by atoms with E-state index < -0.39 is 27.5 Å². The maximum atomic E-state index is 13.1. The predicted octanol–water partition coefficient (Wildman–Crippen LogP) is 4.34. The molecule has 0 radical (unpaired) electrons. The molecule has 0 saturated carbocycles. The van der Waals surface area contributed by atoms with Crippen molar-refractivity contribution in [2.75, 3.05) is 13.4 Å². The number of benzene rings is 2. The Bertz CT molecular complexity index is 1280. The fraction of sp³-hybridized carbons (Fsp3) is 0.200. The van der Waals surface area contributed by atoms with Crippen molar-refractivity contribution in [1.29, 1.82) is 0 Å². The van der Waals surface area contributed by atoms with Gasteiger partial charge < -0.3 is 9.84 Å². The Morgan fingerprint density at radius 1 is 1.17 bits per heavy atom. The number of pyridine rings is 1. The molecule has 0 fully saturated rings. The lowest BCUT2D eigenvalue weighted by Gasteiger charge is -2.15. The smallest absolute Gasteiger partial charge is 0.416 e. The number of carbonyl (C=O) groups is 1. The van der Waals surface area contributed by atoms with E-state index in [9.17, 15) is 31.5 Å². The highest BCUT2D eigenvalue weighted by molar-refractivity contribution is 7.90. The van der Waals surface area contributed by atoms with E-state index >= 15 is 0 Å². The number of alkyl halides is 3. The summed E-state index contributed by atoms with van der Waals surface area (Å²) in [6, 6.07) is 6.80. The maximum Gasteiger partial charge on any atom is 0.416 e. The van der Waals surface area contributed by atoms with Crippen LogP contribution >= 0.6 is 0 Å². The van der Waals surface area contributed by atoms with Crippen LogP contribution in [0.5, 0.6) is 5.75 Å². The van der Waals surface area contributed by atoms with Gasteiger partial charge >= 0.3 is 12.1 Å². The molecule has 6 nitrogen and oxygen atoms in total. The minimum Gasteiger partial charge on any atom is -0.495 e. The van der Waals surface area contributed by atoms with E-state index in [0.29, 0.717) is 0 Å². The summed E-state index contributed by atoms with van der Waals surface area (Å²) in [7, 11) is -2.50. The van der Waals surface area contributed by atoms with Crippen LogP contribution in [-0.2, 0) is 16.0 Å². The summed E-state index contributed by atoms with van der Waals surface area (Å²) >= 11 is 0. The normalized spacial score (nSPS) is 12.2. The van der Waals surface area contributed by atoms with Crippen molar-refractivity contribution >= 4 is 26.7 Å². The fourth-order valence-corrected chi connectivity index (χ4v) is 4.06. The average Bonchev–Trinajstić information content (AvgIpc) is 2.64. The number of rotatable bonds is 4. The van der Waals surface area contributed by atoms with Gasteiger partial charge in [0, 0.05) is 23.3 Å². The zero-order valence-corrected chi connectivity index (χ0v) is 16.9.